The number of esters is 1. The molecule has 0 radical (unpaired) electrons. The van der Waals surface area contributed by atoms with Gasteiger partial charge in [-0.3, -0.25) is 9.59 Å². The number of fused-ring (bicyclic) bond motifs is 1. The van der Waals surface area contributed by atoms with Crippen LogP contribution in [0.25, 0.3) is 10.9 Å². The molecule has 2 aromatic carbocycles. The quantitative estimate of drug-likeness (QED) is 0.511. The zero-order chi connectivity index (χ0) is 19.6. The molecule has 138 valence electrons. The third-order valence-corrected chi connectivity index (χ3v) is 4.25. The summed E-state index contributed by atoms with van der Waals surface area (Å²) in [6.45, 7) is 3.53. The SMILES string of the molecule is CCOC(=O)c1cn(Cc2ccc(F)cc2)c2ccc(C(C)=O)cc2c1=O. The average molecular weight is 367 g/mol. The molecule has 0 spiro atoms. The number of rotatable bonds is 5. The van der Waals surface area contributed by atoms with Crippen molar-refractivity contribution in [1.82, 2.24) is 4.57 Å². The topological polar surface area (TPSA) is 65.4 Å². The maximum absolute atomic E-state index is 13.2. The molecule has 1 aromatic heterocycles. The van der Waals surface area contributed by atoms with Gasteiger partial charge in [-0.1, -0.05) is 12.1 Å². The van der Waals surface area contributed by atoms with Crippen molar-refractivity contribution in [2.45, 2.75) is 20.4 Å². The first kappa shape index (κ1) is 18.5. The van der Waals surface area contributed by atoms with Crippen LogP contribution in [0.1, 0.15) is 40.1 Å². The van der Waals surface area contributed by atoms with Gasteiger partial charge in [-0.2, -0.15) is 0 Å². The fourth-order valence-electron chi connectivity index (χ4n) is 2.89. The van der Waals surface area contributed by atoms with Crippen LogP contribution >= 0.6 is 0 Å². The molecule has 6 heteroatoms. The molecule has 0 fully saturated rings. The van der Waals surface area contributed by atoms with Crippen LogP contribution in [-0.2, 0) is 11.3 Å². The van der Waals surface area contributed by atoms with Crippen molar-refractivity contribution in [2.24, 2.45) is 0 Å². The molecule has 0 saturated carbocycles. The van der Waals surface area contributed by atoms with Crippen LogP contribution in [0, 0.1) is 5.82 Å². The van der Waals surface area contributed by atoms with Crippen molar-refractivity contribution in [2.75, 3.05) is 6.61 Å². The largest absolute Gasteiger partial charge is 0.462 e. The lowest BCUT2D eigenvalue weighted by Gasteiger charge is -2.14. The van der Waals surface area contributed by atoms with Crippen molar-refractivity contribution in [1.29, 1.82) is 0 Å². The standard InChI is InChI=1S/C21H18FNO4/c1-3-27-21(26)18-12-23(11-14-4-7-16(22)8-5-14)19-9-6-15(13(2)24)10-17(19)20(18)25/h4-10,12H,3,11H2,1-2H3. The molecule has 0 unspecified atom stereocenters. The summed E-state index contributed by atoms with van der Waals surface area (Å²) < 4.78 is 19.9. The number of hydrogen-bond donors (Lipinski definition) is 0. The van der Waals surface area contributed by atoms with Crippen LogP contribution in [-0.4, -0.2) is 22.9 Å². The maximum Gasteiger partial charge on any atom is 0.343 e. The van der Waals surface area contributed by atoms with Crippen molar-refractivity contribution in [3.8, 4) is 0 Å². The lowest BCUT2D eigenvalue weighted by Crippen LogP contribution is -2.21. The molecular weight excluding hydrogens is 349 g/mol. The van der Waals surface area contributed by atoms with E-state index < -0.39 is 11.4 Å². The van der Waals surface area contributed by atoms with E-state index in [0.717, 1.165) is 5.56 Å². The van der Waals surface area contributed by atoms with E-state index >= 15 is 0 Å². The first-order chi connectivity index (χ1) is 12.9. The van der Waals surface area contributed by atoms with E-state index in [1.165, 1.54) is 31.3 Å². The maximum atomic E-state index is 13.2. The van der Waals surface area contributed by atoms with Gasteiger partial charge in [0.05, 0.1) is 12.1 Å². The van der Waals surface area contributed by atoms with E-state index in [4.69, 9.17) is 4.74 Å². The second kappa shape index (κ2) is 7.53. The molecule has 0 atom stereocenters. The Balaban J connectivity index is 2.22. The molecule has 0 saturated heterocycles. The van der Waals surface area contributed by atoms with Gasteiger partial charge in [0, 0.05) is 23.7 Å². The van der Waals surface area contributed by atoms with Gasteiger partial charge in [-0.05, 0) is 49.7 Å². The first-order valence-corrected chi connectivity index (χ1v) is 8.50. The lowest BCUT2D eigenvalue weighted by molar-refractivity contribution is 0.0524. The normalized spacial score (nSPS) is 10.8. The van der Waals surface area contributed by atoms with Gasteiger partial charge in [0.25, 0.3) is 0 Å². The van der Waals surface area contributed by atoms with Crippen molar-refractivity contribution < 1.29 is 18.7 Å². The van der Waals surface area contributed by atoms with E-state index in [0.29, 0.717) is 17.6 Å². The number of ketones is 1. The number of hydrogen-bond acceptors (Lipinski definition) is 4. The van der Waals surface area contributed by atoms with Crippen LogP contribution in [0.15, 0.2) is 53.5 Å². The molecular formula is C21H18FNO4. The minimum atomic E-state index is -0.717. The molecule has 3 rings (SSSR count). The Kier molecular flexibility index (Phi) is 5.16. The number of halogens is 1. The fraction of sp³-hybridized carbons (Fsp3) is 0.190. The molecule has 0 aliphatic heterocycles. The molecule has 5 nitrogen and oxygen atoms in total. The van der Waals surface area contributed by atoms with E-state index in [9.17, 15) is 18.8 Å². The van der Waals surface area contributed by atoms with Crippen LogP contribution < -0.4 is 5.43 Å². The molecule has 27 heavy (non-hydrogen) atoms. The second-order valence-corrected chi connectivity index (χ2v) is 6.13. The molecule has 0 aliphatic carbocycles. The molecule has 3 aromatic rings. The lowest BCUT2D eigenvalue weighted by atomic mass is 10.1. The molecule has 0 bridgehead atoms. The summed E-state index contributed by atoms with van der Waals surface area (Å²) >= 11 is 0. The van der Waals surface area contributed by atoms with Gasteiger partial charge < -0.3 is 9.30 Å². The molecule has 0 N–H and O–H groups in total. The average Bonchev–Trinajstić information content (AvgIpc) is 2.65. The number of benzene rings is 2. The van der Waals surface area contributed by atoms with Crippen molar-refractivity contribution in [3.63, 3.8) is 0 Å². The zero-order valence-corrected chi connectivity index (χ0v) is 15.0. The Bertz CT molecular complexity index is 1080. The Labute approximate surface area is 155 Å². The van der Waals surface area contributed by atoms with Crippen LogP contribution in [0.2, 0.25) is 0 Å². The van der Waals surface area contributed by atoms with Crippen LogP contribution in [0.3, 0.4) is 0 Å². The van der Waals surface area contributed by atoms with E-state index in [1.807, 2.05) is 0 Å². The highest BCUT2D eigenvalue weighted by atomic mass is 19.1. The van der Waals surface area contributed by atoms with Gasteiger partial charge >= 0.3 is 5.97 Å². The van der Waals surface area contributed by atoms with E-state index in [-0.39, 0.29) is 29.2 Å². The predicted molar refractivity (Wildman–Crippen MR) is 99.7 cm³/mol. The number of carbonyl (C=O) groups is 2. The highest BCUT2D eigenvalue weighted by Gasteiger charge is 2.17. The van der Waals surface area contributed by atoms with E-state index in [2.05, 4.69) is 0 Å². The van der Waals surface area contributed by atoms with Gasteiger partial charge in [0.2, 0.25) is 5.43 Å². The fourth-order valence-corrected chi connectivity index (χ4v) is 2.89. The Morgan fingerprint density at radius 2 is 1.81 bits per heavy atom. The summed E-state index contributed by atoms with van der Waals surface area (Å²) in [6, 6.07) is 10.8. The zero-order valence-electron chi connectivity index (χ0n) is 15.0. The Hall–Kier alpha value is -3.28. The third kappa shape index (κ3) is 3.79. The highest BCUT2D eigenvalue weighted by molar-refractivity contribution is 5.99. The first-order valence-electron chi connectivity index (χ1n) is 8.50. The number of aromatic nitrogens is 1. The summed E-state index contributed by atoms with van der Waals surface area (Å²) in [5.74, 6) is -1.24. The number of nitrogens with zero attached hydrogens (tertiary/aromatic N) is 1. The summed E-state index contributed by atoms with van der Waals surface area (Å²) in [5, 5.41) is 0.260. The highest BCUT2D eigenvalue weighted by Crippen LogP contribution is 2.17. The van der Waals surface area contributed by atoms with Crippen LogP contribution in [0.4, 0.5) is 4.39 Å². The molecule has 0 amide bonds. The van der Waals surface area contributed by atoms with Gasteiger partial charge in [0.15, 0.2) is 5.78 Å². The van der Waals surface area contributed by atoms with Crippen molar-refractivity contribution in [3.05, 3.63) is 81.4 Å². The number of pyridine rings is 1. The smallest absolute Gasteiger partial charge is 0.343 e. The van der Waals surface area contributed by atoms with Crippen molar-refractivity contribution >= 4 is 22.7 Å². The van der Waals surface area contributed by atoms with Gasteiger partial charge in [-0.25, -0.2) is 9.18 Å². The minimum Gasteiger partial charge on any atom is -0.462 e. The number of ether oxygens (including phenoxy) is 1. The second-order valence-electron chi connectivity index (χ2n) is 6.13. The summed E-state index contributed by atoms with van der Waals surface area (Å²) in [6.07, 6.45) is 1.44. The minimum absolute atomic E-state index is 0.104. The predicted octanol–water partition coefficient (Wildman–Crippen LogP) is 3.57. The number of Topliss-reactive ketones (excluding diaryl/α,β-unsaturated/α-hetero) is 1. The van der Waals surface area contributed by atoms with Crippen LogP contribution in [0.5, 0.6) is 0 Å². The van der Waals surface area contributed by atoms with Gasteiger partial charge in [-0.15, -0.1) is 0 Å². The summed E-state index contributed by atoms with van der Waals surface area (Å²) in [4.78, 5) is 36.7. The third-order valence-electron chi connectivity index (χ3n) is 4.25. The summed E-state index contributed by atoms with van der Waals surface area (Å²) in [7, 11) is 0. The monoisotopic (exact) mass is 367 g/mol. The number of carbonyl (C=O) groups excluding carboxylic acids is 2. The molecule has 1 heterocycles. The van der Waals surface area contributed by atoms with Gasteiger partial charge in [0.1, 0.15) is 11.4 Å². The summed E-state index contributed by atoms with van der Waals surface area (Å²) in [5.41, 5.74) is 1.16. The Morgan fingerprint density at radius 3 is 2.44 bits per heavy atom. The Morgan fingerprint density at radius 1 is 1.11 bits per heavy atom. The molecule has 0 aliphatic rings. The van der Waals surface area contributed by atoms with E-state index in [1.54, 1.807) is 35.8 Å².